The topological polar surface area (TPSA) is 30.7 Å². The number of hydrogen-bond acceptors (Lipinski definition) is 2. The standard InChI is InChI=1S/C16H16ClN3/c1-11-3-4-14-15(7-11)20(16(8-17)19-14)10-13-5-6-18-9-12(13)2/h3-7,9H,8,10H2,1-2H3. The molecule has 3 nitrogen and oxygen atoms in total. The second-order valence-corrected chi connectivity index (χ2v) is 5.31. The maximum absolute atomic E-state index is 6.05. The van der Waals surface area contributed by atoms with Gasteiger partial charge in [-0.05, 0) is 48.7 Å². The van der Waals surface area contributed by atoms with Gasteiger partial charge in [-0.25, -0.2) is 4.98 Å². The van der Waals surface area contributed by atoms with Gasteiger partial charge in [0.1, 0.15) is 5.82 Å². The molecule has 0 aliphatic rings. The summed E-state index contributed by atoms with van der Waals surface area (Å²) in [5.41, 5.74) is 5.79. The predicted octanol–water partition coefficient (Wildman–Crippen LogP) is 3.84. The van der Waals surface area contributed by atoms with Crippen LogP contribution in [0.15, 0.2) is 36.7 Å². The van der Waals surface area contributed by atoms with Crippen LogP contribution in [0.2, 0.25) is 0 Å². The molecule has 0 N–H and O–H groups in total. The van der Waals surface area contributed by atoms with E-state index in [4.69, 9.17) is 11.6 Å². The van der Waals surface area contributed by atoms with E-state index >= 15 is 0 Å². The minimum atomic E-state index is 0.415. The highest BCUT2D eigenvalue weighted by Crippen LogP contribution is 2.21. The third-order valence-corrected chi connectivity index (χ3v) is 3.81. The lowest BCUT2D eigenvalue weighted by Gasteiger charge is -2.10. The van der Waals surface area contributed by atoms with Gasteiger partial charge in [-0.15, -0.1) is 11.6 Å². The number of alkyl halides is 1. The number of rotatable bonds is 3. The van der Waals surface area contributed by atoms with Crippen molar-refractivity contribution in [1.29, 1.82) is 0 Å². The number of halogens is 1. The molecule has 0 unspecified atom stereocenters. The van der Waals surface area contributed by atoms with Gasteiger partial charge in [0.05, 0.1) is 16.9 Å². The molecule has 3 aromatic rings. The van der Waals surface area contributed by atoms with Crippen molar-refractivity contribution < 1.29 is 0 Å². The van der Waals surface area contributed by atoms with Gasteiger partial charge in [0.25, 0.3) is 0 Å². The number of nitrogens with zero attached hydrogens (tertiary/aromatic N) is 3. The smallest absolute Gasteiger partial charge is 0.125 e. The monoisotopic (exact) mass is 285 g/mol. The summed E-state index contributed by atoms with van der Waals surface area (Å²) in [7, 11) is 0. The molecule has 0 saturated carbocycles. The van der Waals surface area contributed by atoms with Gasteiger partial charge < -0.3 is 4.57 Å². The summed E-state index contributed by atoms with van der Waals surface area (Å²) >= 11 is 6.05. The maximum Gasteiger partial charge on any atom is 0.125 e. The molecule has 0 radical (unpaired) electrons. The molecule has 0 atom stereocenters. The zero-order chi connectivity index (χ0) is 14.1. The first-order valence-electron chi connectivity index (χ1n) is 6.60. The van der Waals surface area contributed by atoms with E-state index in [-0.39, 0.29) is 0 Å². The van der Waals surface area contributed by atoms with Gasteiger partial charge in [-0.3, -0.25) is 4.98 Å². The van der Waals surface area contributed by atoms with Gasteiger partial charge in [-0.1, -0.05) is 6.07 Å². The maximum atomic E-state index is 6.05. The summed E-state index contributed by atoms with van der Waals surface area (Å²) in [6.45, 7) is 4.94. The molecule has 0 amide bonds. The van der Waals surface area contributed by atoms with E-state index < -0.39 is 0 Å². The summed E-state index contributed by atoms with van der Waals surface area (Å²) in [4.78, 5) is 8.76. The third-order valence-electron chi connectivity index (χ3n) is 3.57. The van der Waals surface area contributed by atoms with E-state index in [9.17, 15) is 0 Å². The van der Waals surface area contributed by atoms with Crippen molar-refractivity contribution in [3.63, 3.8) is 0 Å². The van der Waals surface area contributed by atoms with Crippen LogP contribution in [0, 0.1) is 13.8 Å². The number of imidazole rings is 1. The van der Waals surface area contributed by atoms with Crippen LogP contribution >= 0.6 is 11.6 Å². The van der Waals surface area contributed by atoms with E-state index in [1.165, 1.54) is 16.7 Å². The Morgan fingerprint density at radius 3 is 2.80 bits per heavy atom. The molecule has 1 aromatic carbocycles. The van der Waals surface area contributed by atoms with Crippen molar-refractivity contribution in [2.24, 2.45) is 0 Å². The van der Waals surface area contributed by atoms with Crippen molar-refractivity contribution in [3.8, 4) is 0 Å². The molecule has 0 aliphatic carbocycles. The SMILES string of the molecule is Cc1ccc2nc(CCl)n(Cc3ccncc3C)c2c1. The van der Waals surface area contributed by atoms with Crippen LogP contribution in [0.3, 0.4) is 0 Å². The molecule has 4 heteroatoms. The number of fused-ring (bicyclic) bond motifs is 1. The highest BCUT2D eigenvalue weighted by Gasteiger charge is 2.11. The summed E-state index contributed by atoms with van der Waals surface area (Å²) in [6, 6.07) is 8.34. The molecule has 0 saturated heterocycles. The summed E-state index contributed by atoms with van der Waals surface area (Å²) in [5.74, 6) is 1.32. The Kier molecular flexibility index (Phi) is 3.45. The highest BCUT2D eigenvalue weighted by atomic mass is 35.5. The van der Waals surface area contributed by atoms with Crippen LogP contribution < -0.4 is 0 Å². The number of aromatic nitrogens is 3. The van der Waals surface area contributed by atoms with E-state index in [1.54, 1.807) is 0 Å². The Balaban J connectivity index is 2.14. The molecule has 0 fully saturated rings. The van der Waals surface area contributed by atoms with E-state index in [1.807, 2.05) is 12.4 Å². The lowest BCUT2D eigenvalue weighted by atomic mass is 10.1. The van der Waals surface area contributed by atoms with Crippen molar-refractivity contribution in [2.45, 2.75) is 26.3 Å². The van der Waals surface area contributed by atoms with E-state index in [0.29, 0.717) is 5.88 Å². The number of aryl methyl sites for hydroxylation is 2. The molecular formula is C16H16ClN3. The minimum Gasteiger partial charge on any atom is -0.322 e. The van der Waals surface area contributed by atoms with Gasteiger partial charge in [-0.2, -0.15) is 0 Å². The van der Waals surface area contributed by atoms with E-state index in [0.717, 1.165) is 23.4 Å². The van der Waals surface area contributed by atoms with Gasteiger partial charge in [0.15, 0.2) is 0 Å². The Morgan fingerprint density at radius 1 is 1.20 bits per heavy atom. The minimum absolute atomic E-state index is 0.415. The van der Waals surface area contributed by atoms with Crippen molar-refractivity contribution >= 4 is 22.6 Å². The lowest BCUT2D eigenvalue weighted by molar-refractivity contribution is 0.772. The fourth-order valence-electron chi connectivity index (χ4n) is 2.41. The van der Waals surface area contributed by atoms with E-state index in [2.05, 4.69) is 52.6 Å². The molecular weight excluding hydrogens is 270 g/mol. The molecule has 3 rings (SSSR count). The first-order chi connectivity index (χ1) is 9.69. The number of pyridine rings is 1. The van der Waals surface area contributed by atoms with Crippen LogP contribution in [-0.4, -0.2) is 14.5 Å². The second kappa shape index (κ2) is 5.25. The third kappa shape index (κ3) is 2.29. The Morgan fingerprint density at radius 2 is 2.05 bits per heavy atom. The molecule has 20 heavy (non-hydrogen) atoms. The van der Waals surface area contributed by atoms with Crippen LogP contribution in [-0.2, 0) is 12.4 Å². The molecule has 0 aliphatic heterocycles. The van der Waals surface area contributed by atoms with Gasteiger partial charge in [0, 0.05) is 18.9 Å². The summed E-state index contributed by atoms with van der Waals surface area (Å²) in [5, 5.41) is 0. The lowest BCUT2D eigenvalue weighted by Crippen LogP contribution is -2.05. The van der Waals surface area contributed by atoms with Crippen LogP contribution in [0.1, 0.15) is 22.5 Å². The normalized spacial score (nSPS) is 11.2. The van der Waals surface area contributed by atoms with Gasteiger partial charge in [0.2, 0.25) is 0 Å². The van der Waals surface area contributed by atoms with Gasteiger partial charge >= 0.3 is 0 Å². The van der Waals surface area contributed by atoms with Crippen LogP contribution in [0.5, 0.6) is 0 Å². The molecule has 0 spiro atoms. The molecule has 102 valence electrons. The zero-order valence-corrected chi connectivity index (χ0v) is 12.4. The number of hydrogen-bond donors (Lipinski definition) is 0. The average Bonchev–Trinajstić information content (AvgIpc) is 2.79. The molecule has 0 bridgehead atoms. The highest BCUT2D eigenvalue weighted by molar-refractivity contribution is 6.16. The average molecular weight is 286 g/mol. The molecule has 2 aromatic heterocycles. The predicted molar refractivity (Wildman–Crippen MR) is 82.1 cm³/mol. The van der Waals surface area contributed by atoms with Crippen LogP contribution in [0.4, 0.5) is 0 Å². The fourth-order valence-corrected chi connectivity index (χ4v) is 2.62. The van der Waals surface area contributed by atoms with Crippen molar-refractivity contribution in [2.75, 3.05) is 0 Å². The Labute approximate surface area is 123 Å². The first-order valence-corrected chi connectivity index (χ1v) is 7.13. The Hall–Kier alpha value is -1.87. The van der Waals surface area contributed by atoms with Crippen molar-refractivity contribution in [1.82, 2.24) is 14.5 Å². The van der Waals surface area contributed by atoms with Crippen molar-refractivity contribution in [3.05, 3.63) is 59.2 Å². The largest absolute Gasteiger partial charge is 0.322 e. The summed E-state index contributed by atoms with van der Waals surface area (Å²) < 4.78 is 2.19. The fraction of sp³-hybridized carbons (Fsp3) is 0.250. The Bertz CT molecular complexity index is 762. The zero-order valence-electron chi connectivity index (χ0n) is 11.6. The second-order valence-electron chi connectivity index (χ2n) is 5.04. The first kappa shape index (κ1) is 13.1. The number of benzene rings is 1. The quantitative estimate of drug-likeness (QED) is 0.685. The molecule has 2 heterocycles. The van der Waals surface area contributed by atoms with Crippen LogP contribution in [0.25, 0.3) is 11.0 Å². The summed E-state index contributed by atoms with van der Waals surface area (Å²) in [6.07, 6.45) is 3.72.